The number of fused-ring (bicyclic) bond motifs is 1. The number of hydrogen-bond donors (Lipinski definition) is 2. The van der Waals surface area contributed by atoms with Gasteiger partial charge in [-0.1, -0.05) is 31.0 Å². The second-order valence-electron chi connectivity index (χ2n) is 5.94. The number of carbonyl (C=O) groups is 2. The topological polar surface area (TPSA) is 96.3 Å². The van der Waals surface area contributed by atoms with Gasteiger partial charge in [-0.15, -0.1) is 0 Å². The molecule has 120 valence electrons. The number of pyridine rings is 1. The van der Waals surface area contributed by atoms with Crippen molar-refractivity contribution in [2.24, 2.45) is 5.73 Å². The summed E-state index contributed by atoms with van der Waals surface area (Å²) in [6.07, 6.45) is 3.71. The highest BCUT2D eigenvalue weighted by atomic mass is 16.2. The zero-order valence-corrected chi connectivity index (χ0v) is 12.7. The predicted octanol–water partition coefficient (Wildman–Crippen LogP) is 1.40. The van der Waals surface area contributed by atoms with Crippen LogP contribution >= 0.6 is 0 Å². The molecule has 0 saturated heterocycles. The summed E-state index contributed by atoms with van der Waals surface area (Å²) in [6, 6.07) is 8.82. The normalized spacial score (nSPS) is 15.0. The van der Waals surface area contributed by atoms with Crippen LogP contribution in [0.25, 0.3) is 10.9 Å². The van der Waals surface area contributed by atoms with E-state index >= 15 is 0 Å². The van der Waals surface area contributed by atoms with Crippen LogP contribution in [0.2, 0.25) is 0 Å². The molecule has 3 rings (SSSR count). The first-order valence-corrected chi connectivity index (χ1v) is 7.77. The van der Waals surface area contributed by atoms with Gasteiger partial charge in [-0.3, -0.25) is 14.4 Å². The Morgan fingerprint density at radius 2 is 1.91 bits per heavy atom. The van der Waals surface area contributed by atoms with Gasteiger partial charge >= 0.3 is 0 Å². The first-order valence-electron chi connectivity index (χ1n) is 7.77. The zero-order chi connectivity index (χ0) is 16.4. The van der Waals surface area contributed by atoms with Crippen LogP contribution < -0.4 is 11.3 Å². The molecule has 1 aliphatic rings. The fourth-order valence-electron chi connectivity index (χ4n) is 3.21. The van der Waals surface area contributed by atoms with Crippen molar-refractivity contribution in [2.45, 2.75) is 31.7 Å². The molecule has 6 heteroatoms. The molecule has 1 aromatic heterocycles. The molecule has 0 atom stereocenters. The molecule has 0 bridgehead atoms. The van der Waals surface area contributed by atoms with Crippen molar-refractivity contribution >= 4 is 22.7 Å². The Balaban J connectivity index is 2.00. The number of rotatable bonds is 4. The van der Waals surface area contributed by atoms with Crippen LogP contribution in [-0.2, 0) is 4.79 Å². The van der Waals surface area contributed by atoms with Crippen molar-refractivity contribution in [3.8, 4) is 0 Å². The van der Waals surface area contributed by atoms with Crippen molar-refractivity contribution in [3.05, 3.63) is 46.2 Å². The van der Waals surface area contributed by atoms with Gasteiger partial charge in [-0.2, -0.15) is 0 Å². The van der Waals surface area contributed by atoms with E-state index < -0.39 is 17.4 Å². The molecule has 1 aliphatic carbocycles. The van der Waals surface area contributed by atoms with Crippen LogP contribution in [0.15, 0.2) is 35.1 Å². The molecule has 2 amide bonds. The largest absolute Gasteiger partial charge is 0.368 e. The Hall–Kier alpha value is -2.63. The lowest BCUT2D eigenvalue weighted by molar-refractivity contribution is -0.119. The molecule has 0 spiro atoms. The lowest BCUT2D eigenvalue weighted by Crippen LogP contribution is -2.45. The fourth-order valence-corrected chi connectivity index (χ4v) is 3.21. The molecule has 1 saturated carbocycles. The Kier molecular flexibility index (Phi) is 4.14. The minimum absolute atomic E-state index is 0.0270. The molecule has 6 nitrogen and oxygen atoms in total. The first kappa shape index (κ1) is 15.3. The standard InChI is InChI=1S/C17H19N3O3/c18-15(21)10-20(12-6-2-3-7-12)17(23)13-9-11-5-1-4-8-14(11)19-16(13)22/h1,4-5,8-9,12H,2-3,6-7,10H2,(H2,18,21)(H,19,22). The van der Waals surface area contributed by atoms with E-state index in [0.29, 0.717) is 5.52 Å². The van der Waals surface area contributed by atoms with Gasteiger partial charge < -0.3 is 15.6 Å². The molecule has 23 heavy (non-hydrogen) atoms. The molecule has 1 fully saturated rings. The summed E-state index contributed by atoms with van der Waals surface area (Å²) in [5, 5.41) is 0.779. The van der Waals surface area contributed by atoms with E-state index in [2.05, 4.69) is 4.98 Å². The van der Waals surface area contributed by atoms with Crippen LogP contribution in [-0.4, -0.2) is 34.3 Å². The Labute approximate surface area is 133 Å². The number of benzene rings is 1. The van der Waals surface area contributed by atoms with E-state index in [0.717, 1.165) is 31.1 Å². The summed E-state index contributed by atoms with van der Waals surface area (Å²) in [5.74, 6) is -0.995. The number of nitrogens with one attached hydrogen (secondary N) is 1. The minimum atomic E-state index is -0.567. The number of hydrogen-bond acceptors (Lipinski definition) is 3. The van der Waals surface area contributed by atoms with Crippen molar-refractivity contribution in [3.63, 3.8) is 0 Å². The number of carbonyl (C=O) groups excluding carboxylic acids is 2. The summed E-state index contributed by atoms with van der Waals surface area (Å²) in [7, 11) is 0. The zero-order valence-electron chi connectivity index (χ0n) is 12.7. The average molecular weight is 313 g/mol. The SMILES string of the molecule is NC(=O)CN(C(=O)c1cc2ccccc2[nH]c1=O)C1CCCC1. The highest BCUT2D eigenvalue weighted by molar-refractivity contribution is 5.99. The average Bonchev–Trinajstić information content (AvgIpc) is 3.05. The van der Waals surface area contributed by atoms with Crippen LogP contribution in [0.4, 0.5) is 0 Å². The van der Waals surface area contributed by atoms with Crippen molar-refractivity contribution < 1.29 is 9.59 Å². The maximum Gasteiger partial charge on any atom is 0.261 e. The summed E-state index contributed by atoms with van der Waals surface area (Å²) in [6.45, 7) is -0.157. The third-order valence-electron chi connectivity index (χ3n) is 4.34. The molecule has 3 N–H and O–H groups in total. The summed E-state index contributed by atoms with van der Waals surface area (Å²) < 4.78 is 0. The molecule has 1 aromatic carbocycles. The molecule has 0 aliphatic heterocycles. The lowest BCUT2D eigenvalue weighted by atomic mass is 10.1. The highest BCUT2D eigenvalue weighted by Crippen LogP contribution is 2.24. The summed E-state index contributed by atoms with van der Waals surface area (Å²) in [4.78, 5) is 40.6. The van der Waals surface area contributed by atoms with Gasteiger partial charge in [0.25, 0.3) is 11.5 Å². The molecule has 2 aromatic rings. The van der Waals surface area contributed by atoms with E-state index in [-0.39, 0.29) is 18.2 Å². The van der Waals surface area contributed by atoms with Gasteiger partial charge in [0.2, 0.25) is 5.91 Å². The minimum Gasteiger partial charge on any atom is -0.368 e. The van der Waals surface area contributed by atoms with Gasteiger partial charge in [0.05, 0.1) is 6.54 Å². The van der Waals surface area contributed by atoms with E-state index in [1.54, 1.807) is 12.1 Å². The molecule has 0 radical (unpaired) electrons. The number of nitrogens with zero attached hydrogens (tertiary/aromatic N) is 1. The van der Waals surface area contributed by atoms with Crippen LogP contribution in [0.3, 0.4) is 0 Å². The van der Waals surface area contributed by atoms with Crippen LogP contribution in [0.1, 0.15) is 36.0 Å². The van der Waals surface area contributed by atoms with Gasteiger partial charge in [-0.25, -0.2) is 0 Å². The quantitative estimate of drug-likeness (QED) is 0.893. The second kappa shape index (κ2) is 6.24. The summed E-state index contributed by atoms with van der Waals surface area (Å²) in [5.41, 5.74) is 5.57. The maximum absolute atomic E-state index is 12.8. The molecule has 0 unspecified atom stereocenters. The van der Waals surface area contributed by atoms with Crippen LogP contribution in [0, 0.1) is 0 Å². The fraction of sp³-hybridized carbons (Fsp3) is 0.353. The summed E-state index contributed by atoms with van der Waals surface area (Å²) >= 11 is 0. The third-order valence-corrected chi connectivity index (χ3v) is 4.34. The van der Waals surface area contributed by atoms with Crippen molar-refractivity contribution in [2.75, 3.05) is 6.54 Å². The number of aromatic amines is 1. The number of primary amides is 1. The van der Waals surface area contributed by atoms with Gasteiger partial charge in [0, 0.05) is 11.6 Å². The van der Waals surface area contributed by atoms with E-state index in [1.807, 2.05) is 18.2 Å². The van der Waals surface area contributed by atoms with Gasteiger partial charge in [-0.05, 0) is 30.4 Å². The number of para-hydroxylation sites is 1. The Bertz CT molecular complexity index is 806. The highest BCUT2D eigenvalue weighted by Gasteiger charge is 2.29. The van der Waals surface area contributed by atoms with E-state index in [4.69, 9.17) is 5.73 Å². The van der Waals surface area contributed by atoms with Gasteiger partial charge in [0.1, 0.15) is 5.56 Å². The number of H-pyrrole nitrogens is 1. The Morgan fingerprint density at radius 3 is 2.61 bits per heavy atom. The van der Waals surface area contributed by atoms with Crippen LogP contribution in [0.5, 0.6) is 0 Å². The third kappa shape index (κ3) is 3.11. The van der Waals surface area contributed by atoms with Crippen molar-refractivity contribution in [1.29, 1.82) is 0 Å². The smallest absolute Gasteiger partial charge is 0.261 e. The number of aromatic nitrogens is 1. The van der Waals surface area contributed by atoms with E-state index in [1.165, 1.54) is 4.90 Å². The number of amides is 2. The van der Waals surface area contributed by atoms with Gasteiger partial charge in [0.15, 0.2) is 0 Å². The lowest BCUT2D eigenvalue weighted by Gasteiger charge is -2.27. The van der Waals surface area contributed by atoms with E-state index in [9.17, 15) is 14.4 Å². The first-order chi connectivity index (χ1) is 11.1. The molecular formula is C17H19N3O3. The molecule has 1 heterocycles. The number of nitrogens with two attached hydrogens (primary N) is 1. The molecular weight excluding hydrogens is 294 g/mol. The monoisotopic (exact) mass is 313 g/mol. The Morgan fingerprint density at radius 1 is 1.22 bits per heavy atom. The predicted molar refractivity (Wildman–Crippen MR) is 87.1 cm³/mol. The second-order valence-corrected chi connectivity index (χ2v) is 5.94. The maximum atomic E-state index is 12.8. The van der Waals surface area contributed by atoms with Crippen molar-refractivity contribution in [1.82, 2.24) is 9.88 Å².